The molecule has 0 aromatic carbocycles. The van der Waals surface area contributed by atoms with E-state index >= 15 is 0 Å². The summed E-state index contributed by atoms with van der Waals surface area (Å²) >= 11 is 0. The van der Waals surface area contributed by atoms with Crippen molar-refractivity contribution in [3.8, 4) is 0 Å². The first-order valence-electron chi connectivity index (χ1n) is 5.04. The minimum Gasteiger partial charge on any atom is -0.469 e. The highest BCUT2D eigenvalue weighted by Gasteiger charge is 2.20. The lowest BCUT2D eigenvalue weighted by molar-refractivity contribution is -0.145. The number of ether oxygens (including phenoxy) is 1. The van der Waals surface area contributed by atoms with E-state index in [1.165, 1.54) is 7.11 Å². The molecular formula is C10H20N2O3. The molecule has 0 heterocycles. The summed E-state index contributed by atoms with van der Waals surface area (Å²) in [7, 11) is 2.97. The molecular weight excluding hydrogens is 196 g/mol. The summed E-state index contributed by atoms with van der Waals surface area (Å²) in [5, 5.41) is 5.63. The van der Waals surface area contributed by atoms with Gasteiger partial charge >= 0.3 is 5.97 Å². The molecule has 0 aliphatic rings. The number of amides is 1. The van der Waals surface area contributed by atoms with Gasteiger partial charge in [0, 0.05) is 26.1 Å². The van der Waals surface area contributed by atoms with E-state index in [0.29, 0.717) is 13.0 Å². The van der Waals surface area contributed by atoms with E-state index in [2.05, 4.69) is 15.4 Å². The van der Waals surface area contributed by atoms with Crippen LogP contribution in [-0.2, 0) is 14.3 Å². The highest BCUT2D eigenvalue weighted by Crippen LogP contribution is 2.04. The number of carbonyl (C=O) groups excluding carboxylic acids is 2. The highest BCUT2D eigenvalue weighted by molar-refractivity contribution is 5.75. The standard InChI is InChI=1S/C10H20N2O3/c1-7(10(14)15-4)8(2)12-6-5-9(13)11-3/h7-8,12H,5-6H2,1-4H3,(H,11,13). The second kappa shape index (κ2) is 7.23. The number of carbonyl (C=O) groups is 2. The van der Waals surface area contributed by atoms with E-state index in [1.54, 1.807) is 14.0 Å². The fraction of sp³-hybridized carbons (Fsp3) is 0.800. The van der Waals surface area contributed by atoms with Crippen molar-refractivity contribution in [1.82, 2.24) is 10.6 Å². The Kier molecular flexibility index (Phi) is 6.70. The van der Waals surface area contributed by atoms with Gasteiger partial charge in [0.25, 0.3) is 0 Å². The molecule has 2 unspecified atom stereocenters. The van der Waals surface area contributed by atoms with Crippen LogP contribution in [0.25, 0.3) is 0 Å². The molecule has 0 radical (unpaired) electrons. The molecule has 2 N–H and O–H groups in total. The van der Waals surface area contributed by atoms with Gasteiger partial charge in [0.15, 0.2) is 0 Å². The predicted octanol–water partition coefficient (Wildman–Crippen LogP) is -0.0903. The number of esters is 1. The highest BCUT2D eigenvalue weighted by atomic mass is 16.5. The Morgan fingerprint density at radius 3 is 2.40 bits per heavy atom. The van der Waals surface area contributed by atoms with Gasteiger partial charge in [0.1, 0.15) is 0 Å². The molecule has 88 valence electrons. The molecule has 5 nitrogen and oxygen atoms in total. The Labute approximate surface area is 90.6 Å². The summed E-state index contributed by atoms with van der Waals surface area (Å²) in [6.07, 6.45) is 0.411. The number of nitrogens with one attached hydrogen (secondary N) is 2. The van der Waals surface area contributed by atoms with Crippen molar-refractivity contribution in [2.45, 2.75) is 26.3 Å². The molecule has 0 fully saturated rings. The van der Waals surface area contributed by atoms with Crippen LogP contribution in [0.4, 0.5) is 0 Å². The average molecular weight is 216 g/mol. The normalized spacial score (nSPS) is 14.1. The van der Waals surface area contributed by atoms with Crippen LogP contribution in [0.3, 0.4) is 0 Å². The van der Waals surface area contributed by atoms with Crippen LogP contribution in [-0.4, -0.2) is 38.6 Å². The van der Waals surface area contributed by atoms with Crippen LogP contribution < -0.4 is 10.6 Å². The van der Waals surface area contributed by atoms with Gasteiger partial charge in [-0.05, 0) is 6.92 Å². The first-order chi connectivity index (χ1) is 7.02. The maximum absolute atomic E-state index is 11.2. The topological polar surface area (TPSA) is 67.4 Å². The van der Waals surface area contributed by atoms with E-state index in [-0.39, 0.29) is 23.8 Å². The van der Waals surface area contributed by atoms with Crippen LogP contribution in [0.2, 0.25) is 0 Å². The van der Waals surface area contributed by atoms with Crippen LogP contribution in [0.1, 0.15) is 20.3 Å². The second-order valence-corrected chi connectivity index (χ2v) is 3.48. The molecule has 5 heteroatoms. The van der Waals surface area contributed by atoms with Gasteiger partial charge < -0.3 is 15.4 Å². The Bertz CT molecular complexity index is 219. The van der Waals surface area contributed by atoms with E-state index in [1.807, 2.05) is 6.92 Å². The zero-order chi connectivity index (χ0) is 11.8. The van der Waals surface area contributed by atoms with Crippen molar-refractivity contribution in [3.63, 3.8) is 0 Å². The second-order valence-electron chi connectivity index (χ2n) is 3.48. The van der Waals surface area contributed by atoms with Gasteiger partial charge in [-0.1, -0.05) is 6.92 Å². The quantitative estimate of drug-likeness (QED) is 0.609. The lowest BCUT2D eigenvalue weighted by Crippen LogP contribution is -2.38. The Morgan fingerprint density at radius 1 is 1.33 bits per heavy atom. The number of hydrogen-bond donors (Lipinski definition) is 2. The maximum Gasteiger partial charge on any atom is 0.309 e. The summed E-state index contributed by atoms with van der Waals surface area (Å²) in [6.45, 7) is 4.25. The number of methoxy groups -OCH3 is 1. The Balaban J connectivity index is 3.78. The van der Waals surface area contributed by atoms with Crippen LogP contribution in [0.5, 0.6) is 0 Å². The molecule has 0 saturated heterocycles. The van der Waals surface area contributed by atoms with Gasteiger partial charge in [-0.15, -0.1) is 0 Å². The molecule has 0 aromatic rings. The van der Waals surface area contributed by atoms with Crippen molar-refractivity contribution in [2.75, 3.05) is 20.7 Å². The van der Waals surface area contributed by atoms with Gasteiger partial charge in [-0.3, -0.25) is 9.59 Å². The predicted molar refractivity (Wildman–Crippen MR) is 57.3 cm³/mol. The summed E-state index contributed by atoms with van der Waals surface area (Å²) in [4.78, 5) is 22.1. The van der Waals surface area contributed by atoms with E-state index < -0.39 is 0 Å². The molecule has 0 aliphatic heterocycles. The number of hydrogen-bond acceptors (Lipinski definition) is 4. The summed E-state index contributed by atoms with van der Waals surface area (Å²) < 4.78 is 4.62. The molecule has 0 saturated carbocycles. The Hall–Kier alpha value is -1.10. The fourth-order valence-electron chi connectivity index (χ4n) is 1.11. The minimum atomic E-state index is -0.241. The maximum atomic E-state index is 11.2. The fourth-order valence-corrected chi connectivity index (χ4v) is 1.11. The van der Waals surface area contributed by atoms with Crippen LogP contribution >= 0.6 is 0 Å². The molecule has 0 spiro atoms. The average Bonchev–Trinajstić information content (AvgIpc) is 2.26. The molecule has 0 rings (SSSR count). The summed E-state index contributed by atoms with van der Waals surface area (Å²) in [6, 6.07) is 0.00195. The summed E-state index contributed by atoms with van der Waals surface area (Å²) in [5.74, 6) is -0.463. The molecule has 2 atom stereocenters. The van der Waals surface area contributed by atoms with E-state index in [9.17, 15) is 9.59 Å². The van der Waals surface area contributed by atoms with E-state index in [0.717, 1.165) is 0 Å². The van der Waals surface area contributed by atoms with Gasteiger partial charge in [-0.2, -0.15) is 0 Å². The van der Waals surface area contributed by atoms with Gasteiger partial charge in [0.05, 0.1) is 13.0 Å². The van der Waals surface area contributed by atoms with E-state index in [4.69, 9.17) is 0 Å². The molecule has 15 heavy (non-hydrogen) atoms. The smallest absolute Gasteiger partial charge is 0.309 e. The van der Waals surface area contributed by atoms with Crippen molar-refractivity contribution < 1.29 is 14.3 Å². The first-order valence-corrected chi connectivity index (χ1v) is 5.04. The third kappa shape index (κ3) is 5.37. The number of rotatable bonds is 6. The Morgan fingerprint density at radius 2 is 1.93 bits per heavy atom. The SMILES string of the molecule is CNC(=O)CCNC(C)C(C)C(=O)OC. The van der Waals surface area contributed by atoms with Crippen molar-refractivity contribution in [1.29, 1.82) is 0 Å². The van der Waals surface area contributed by atoms with Gasteiger partial charge in [-0.25, -0.2) is 0 Å². The molecule has 0 bridgehead atoms. The third-order valence-corrected chi connectivity index (χ3v) is 2.42. The van der Waals surface area contributed by atoms with Crippen LogP contribution in [0.15, 0.2) is 0 Å². The summed E-state index contributed by atoms with van der Waals surface area (Å²) in [5.41, 5.74) is 0. The van der Waals surface area contributed by atoms with Crippen molar-refractivity contribution in [3.05, 3.63) is 0 Å². The largest absolute Gasteiger partial charge is 0.469 e. The van der Waals surface area contributed by atoms with Crippen LogP contribution in [0, 0.1) is 5.92 Å². The van der Waals surface area contributed by atoms with Gasteiger partial charge in [0.2, 0.25) is 5.91 Å². The molecule has 1 amide bonds. The monoisotopic (exact) mass is 216 g/mol. The first kappa shape index (κ1) is 13.9. The van der Waals surface area contributed by atoms with Crippen molar-refractivity contribution in [2.24, 2.45) is 5.92 Å². The minimum absolute atomic E-state index is 0.00195. The molecule has 0 aromatic heterocycles. The van der Waals surface area contributed by atoms with Crippen molar-refractivity contribution >= 4 is 11.9 Å². The zero-order valence-electron chi connectivity index (χ0n) is 9.79. The molecule has 0 aliphatic carbocycles. The lowest BCUT2D eigenvalue weighted by Gasteiger charge is -2.18. The lowest BCUT2D eigenvalue weighted by atomic mass is 10.0. The third-order valence-electron chi connectivity index (χ3n) is 2.42. The zero-order valence-corrected chi connectivity index (χ0v) is 9.79.